The number of nitrogens with zero attached hydrogens (tertiary/aromatic N) is 3. The molecule has 1 fully saturated rings. The Labute approximate surface area is 244 Å². The van der Waals surface area contributed by atoms with E-state index in [1.807, 2.05) is 26.2 Å². The molecule has 0 bridgehead atoms. The van der Waals surface area contributed by atoms with Crippen LogP contribution in [-0.4, -0.2) is 87.5 Å². The second-order valence-electron chi connectivity index (χ2n) is 9.59. The van der Waals surface area contributed by atoms with E-state index in [2.05, 4.69) is 32.4 Å². The van der Waals surface area contributed by atoms with E-state index < -0.39 is 0 Å². The molecule has 4 rings (SSSR count). The molecule has 2 atom stereocenters. The first-order valence-corrected chi connectivity index (χ1v) is 13.6. The number of amides is 1. The Bertz CT molecular complexity index is 1360. The Hall–Kier alpha value is -3.31. The maximum atomic E-state index is 12.0. The summed E-state index contributed by atoms with van der Waals surface area (Å²) in [7, 11) is 7.07. The Morgan fingerprint density at radius 1 is 1.18 bits per heavy atom. The minimum Gasteiger partial charge on any atom is -0.495 e. The van der Waals surface area contributed by atoms with Gasteiger partial charge in [0.1, 0.15) is 23.1 Å². The molecule has 214 valence electrons. The number of methoxy groups -OCH3 is 2. The third-order valence-corrected chi connectivity index (χ3v) is 7.35. The first-order chi connectivity index (χ1) is 19.2. The summed E-state index contributed by atoms with van der Waals surface area (Å²) in [6.45, 7) is 5.99. The van der Waals surface area contributed by atoms with Crippen molar-refractivity contribution < 1.29 is 19.0 Å². The number of ether oxygens (including phenoxy) is 3. The summed E-state index contributed by atoms with van der Waals surface area (Å²) < 4.78 is 16.6. The van der Waals surface area contributed by atoms with Crippen LogP contribution in [0.5, 0.6) is 11.5 Å². The van der Waals surface area contributed by atoms with Crippen molar-refractivity contribution in [3.63, 3.8) is 0 Å². The van der Waals surface area contributed by atoms with Crippen molar-refractivity contribution in [3.05, 3.63) is 47.1 Å². The number of hydrogen-bond acceptors (Lipinski definition) is 9. The number of carbonyl (C=O) groups is 1. The monoisotopic (exact) mass is 588 g/mol. The minimum atomic E-state index is -0.222. The number of likely N-dealkylation sites (N-methyl/N-ethyl adjacent to an activating group) is 1. The molecule has 0 aliphatic carbocycles. The van der Waals surface area contributed by atoms with E-state index in [9.17, 15) is 4.79 Å². The third-order valence-electron chi connectivity index (χ3n) is 6.60. The van der Waals surface area contributed by atoms with Crippen LogP contribution in [0.3, 0.4) is 0 Å². The molecule has 1 aliphatic rings. The van der Waals surface area contributed by atoms with Crippen LogP contribution in [-0.2, 0) is 9.53 Å². The van der Waals surface area contributed by atoms with Crippen molar-refractivity contribution in [1.29, 1.82) is 0 Å². The van der Waals surface area contributed by atoms with Gasteiger partial charge in [0.2, 0.25) is 5.91 Å². The highest BCUT2D eigenvalue weighted by Gasteiger charge is 2.27. The lowest BCUT2D eigenvalue weighted by Gasteiger charge is -2.32. The number of aromatic nitrogens is 2. The van der Waals surface area contributed by atoms with E-state index in [4.69, 9.17) is 42.4 Å². The van der Waals surface area contributed by atoms with Gasteiger partial charge in [-0.3, -0.25) is 4.79 Å². The average Bonchev–Trinajstić information content (AvgIpc) is 2.94. The zero-order valence-electron chi connectivity index (χ0n) is 23.0. The molecule has 2 aromatic heterocycles. The number of pyridine rings is 2. The van der Waals surface area contributed by atoms with Crippen molar-refractivity contribution in [1.82, 2.24) is 20.2 Å². The van der Waals surface area contributed by atoms with E-state index >= 15 is 0 Å². The molecule has 0 saturated carbocycles. The van der Waals surface area contributed by atoms with Crippen LogP contribution in [0.4, 0.5) is 11.6 Å². The molecule has 1 aromatic carbocycles. The largest absolute Gasteiger partial charge is 0.495 e. The number of benzene rings is 1. The predicted molar refractivity (Wildman–Crippen MR) is 160 cm³/mol. The molecule has 12 heteroatoms. The summed E-state index contributed by atoms with van der Waals surface area (Å²) in [5.74, 6) is 1.90. The lowest BCUT2D eigenvalue weighted by Crippen LogP contribution is -2.52. The summed E-state index contributed by atoms with van der Waals surface area (Å²) in [4.78, 5) is 23.6. The zero-order chi connectivity index (χ0) is 28.8. The number of halogens is 2. The zero-order valence-corrected chi connectivity index (χ0v) is 24.5. The van der Waals surface area contributed by atoms with Crippen LogP contribution in [0, 0.1) is 0 Å². The van der Waals surface area contributed by atoms with Crippen molar-refractivity contribution in [3.8, 4) is 22.8 Å². The van der Waals surface area contributed by atoms with Crippen LogP contribution in [0.1, 0.15) is 6.42 Å². The van der Waals surface area contributed by atoms with E-state index in [-0.39, 0.29) is 18.0 Å². The molecular formula is C28H34Cl2N6O4. The second kappa shape index (κ2) is 13.4. The van der Waals surface area contributed by atoms with Crippen LogP contribution in [0.25, 0.3) is 22.0 Å². The van der Waals surface area contributed by atoms with Gasteiger partial charge in [0.25, 0.3) is 0 Å². The van der Waals surface area contributed by atoms with Gasteiger partial charge in [-0.1, -0.05) is 29.8 Å². The molecule has 0 spiro atoms. The van der Waals surface area contributed by atoms with Gasteiger partial charge in [0, 0.05) is 48.3 Å². The number of carbonyl (C=O) groups excluding carboxylic acids is 1. The molecule has 1 saturated heterocycles. The van der Waals surface area contributed by atoms with Gasteiger partial charge in [0.15, 0.2) is 0 Å². The summed E-state index contributed by atoms with van der Waals surface area (Å²) in [6.07, 6.45) is 3.71. The van der Waals surface area contributed by atoms with Crippen molar-refractivity contribution in [2.24, 2.45) is 0 Å². The quantitative estimate of drug-likeness (QED) is 0.279. The normalized spacial score (nSPS) is 17.0. The van der Waals surface area contributed by atoms with Crippen LogP contribution < -0.4 is 25.4 Å². The standard InChI is InChI=1S/C28H34Cl2N6O4/c1-6-24(37)34-18-7-10-40-15-20(18)33-23-12-17-16(14-32-23)11-19(35-28(17)31-8-9-36(2)3)25-26(29)21(38-4)13-22(39-5)27(25)30/h6,11-14,18,20H,1,7-10,15H2,2-5H3,(H,31,35)(H,32,33)(H,34,37)/t18-,20+/m0/s1. The lowest BCUT2D eigenvalue weighted by atomic mass is 10.0. The van der Waals surface area contributed by atoms with Gasteiger partial charge < -0.3 is 35.1 Å². The minimum absolute atomic E-state index is 0.123. The summed E-state index contributed by atoms with van der Waals surface area (Å²) in [6, 6.07) is 5.17. The highest BCUT2D eigenvalue weighted by atomic mass is 35.5. The molecule has 3 N–H and O–H groups in total. The Morgan fingerprint density at radius 3 is 2.55 bits per heavy atom. The highest BCUT2D eigenvalue weighted by Crippen LogP contribution is 2.46. The molecule has 3 aromatic rings. The van der Waals surface area contributed by atoms with Gasteiger partial charge >= 0.3 is 0 Å². The molecule has 3 heterocycles. The predicted octanol–water partition coefficient (Wildman–Crippen LogP) is 4.47. The SMILES string of the molecule is C=CC(=O)N[C@H]1CCOC[C@H]1Nc1cc2c(NCCN(C)C)nc(-c3c(Cl)c(OC)cc(OC)c3Cl)cc2cn1. The summed E-state index contributed by atoms with van der Waals surface area (Å²) in [5.41, 5.74) is 1.04. The molecule has 10 nitrogen and oxygen atoms in total. The maximum Gasteiger partial charge on any atom is 0.243 e. The fraction of sp³-hybridized carbons (Fsp3) is 0.393. The van der Waals surface area contributed by atoms with Crippen LogP contribution >= 0.6 is 23.2 Å². The van der Waals surface area contributed by atoms with Gasteiger partial charge in [0.05, 0.1) is 48.6 Å². The van der Waals surface area contributed by atoms with Crippen molar-refractivity contribution in [2.75, 3.05) is 65.3 Å². The fourth-order valence-corrected chi connectivity index (χ4v) is 5.18. The molecule has 0 radical (unpaired) electrons. The fourth-order valence-electron chi connectivity index (χ4n) is 4.48. The topological polar surface area (TPSA) is 110 Å². The number of anilines is 2. The number of nitrogens with one attached hydrogen (secondary N) is 3. The summed E-state index contributed by atoms with van der Waals surface area (Å²) in [5, 5.41) is 12.2. The Kier molecular flexibility index (Phi) is 9.91. The van der Waals surface area contributed by atoms with E-state index in [0.717, 1.165) is 17.3 Å². The number of hydrogen-bond donors (Lipinski definition) is 3. The van der Waals surface area contributed by atoms with E-state index in [0.29, 0.717) is 70.6 Å². The smallest absolute Gasteiger partial charge is 0.243 e. The third kappa shape index (κ3) is 6.69. The number of fused-ring (bicyclic) bond motifs is 1. The number of rotatable bonds is 11. The molecular weight excluding hydrogens is 555 g/mol. The molecule has 0 unspecified atom stereocenters. The molecule has 40 heavy (non-hydrogen) atoms. The van der Waals surface area contributed by atoms with Crippen molar-refractivity contribution >= 4 is 51.5 Å². The Morgan fingerprint density at radius 2 is 1.90 bits per heavy atom. The Balaban J connectivity index is 1.76. The van der Waals surface area contributed by atoms with Gasteiger partial charge in [-0.2, -0.15) is 0 Å². The van der Waals surface area contributed by atoms with Crippen LogP contribution in [0.2, 0.25) is 10.0 Å². The average molecular weight is 590 g/mol. The van der Waals surface area contributed by atoms with Gasteiger partial charge in [-0.25, -0.2) is 9.97 Å². The van der Waals surface area contributed by atoms with E-state index in [1.54, 1.807) is 12.3 Å². The summed E-state index contributed by atoms with van der Waals surface area (Å²) >= 11 is 13.4. The van der Waals surface area contributed by atoms with E-state index in [1.165, 1.54) is 20.3 Å². The van der Waals surface area contributed by atoms with Crippen LogP contribution in [0.15, 0.2) is 37.1 Å². The van der Waals surface area contributed by atoms with Gasteiger partial charge in [-0.05, 0) is 38.7 Å². The lowest BCUT2D eigenvalue weighted by molar-refractivity contribution is -0.117. The maximum absolute atomic E-state index is 12.0. The van der Waals surface area contributed by atoms with Gasteiger partial charge in [-0.15, -0.1) is 0 Å². The van der Waals surface area contributed by atoms with Crippen molar-refractivity contribution in [2.45, 2.75) is 18.5 Å². The molecule has 1 aliphatic heterocycles. The first kappa shape index (κ1) is 29.7. The highest BCUT2D eigenvalue weighted by molar-refractivity contribution is 6.41. The first-order valence-electron chi connectivity index (χ1n) is 12.8. The molecule has 1 amide bonds. The second-order valence-corrected chi connectivity index (χ2v) is 10.4.